The molecule has 0 rings (SSSR count). The third-order valence-electron chi connectivity index (χ3n) is 2.53. The van der Waals surface area contributed by atoms with Crippen LogP contribution in [0.4, 0.5) is 0 Å². The monoisotopic (exact) mass is 181 g/mol. The van der Waals surface area contributed by atoms with E-state index in [1.807, 2.05) is 6.08 Å². The zero-order chi connectivity index (χ0) is 10.6. The summed E-state index contributed by atoms with van der Waals surface area (Å²) in [6, 6.07) is 0. The maximum atomic E-state index is 4.12. The summed E-state index contributed by atoms with van der Waals surface area (Å²) in [7, 11) is 2.10. The molecule has 1 atom stereocenters. The molecule has 0 spiro atoms. The van der Waals surface area contributed by atoms with Crippen molar-refractivity contribution in [3.63, 3.8) is 0 Å². The van der Waals surface area contributed by atoms with Crippen molar-refractivity contribution in [3.05, 3.63) is 24.9 Å². The lowest BCUT2D eigenvalue weighted by Gasteiger charge is -2.37. The van der Waals surface area contributed by atoms with E-state index in [2.05, 4.69) is 52.8 Å². The van der Waals surface area contributed by atoms with Gasteiger partial charge in [-0.1, -0.05) is 19.6 Å². The van der Waals surface area contributed by atoms with Gasteiger partial charge < -0.3 is 4.90 Å². The second-order valence-electron chi connectivity index (χ2n) is 4.65. The van der Waals surface area contributed by atoms with Gasteiger partial charge in [-0.3, -0.25) is 0 Å². The normalized spacial score (nSPS) is 13.6. The summed E-state index contributed by atoms with van der Waals surface area (Å²) >= 11 is 0. The van der Waals surface area contributed by atoms with E-state index in [-0.39, 0.29) is 5.54 Å². The Balaban J connectivity index is 4.34. The van der Waals surface area contributed by atoms with E-state index < -0.39 is 0 Å². The molecule has 0 saturated carbocycles. The maximum Gasteiger partial charge on any atom is 0.0311 e. The lowest BCUT2D eigenvalue weighted by molar-refractivity contribution is 0.207. The van der Waals surface area contributed by atoms with Gasteiger partial charge in [-0.05, 0) is 33.1 Å². The summed E-state index contributed by atoms with van der Waals surface area (Å²) < 4.78 is 0. The van der Waals surface area contributed by atoms with Gasteiger partial charge in [0.1, 0.15) is 0 Å². The fourth-order valence-electron chi connectivity index (χ4n) is 1.15. The van der Waals surface area contributed by atoms with Gasteiger partial charge in [-0.25, -0.2) is 0 Å². The molecule has 1 unspecified atom stereocenters. The molecular weight excluding hydrogens is 158 g/mol. The van der Waals surface area contributed by atoms with E-state index in [1.54, 1.807) is 0 Å². The van der Waals surface area contributed by atoms with E-state index in [9.17, 15) is 0 Å². The number of allylic oxidation sites excluding steroid dienone is 2. The van der Waals surface area contributed by atoms with E-state index in [0.29, 0.717) is 5.92 Å². The number of hydrogen-bond donors (Lipinski definition) is 0. The van der Waals surface area contributed by atoms with Crippen LogP contribution in [0.2, 0.25) is 0 Å². The van der Waals surface area contributed by atoms with Gasteiger partial charge in [-0.15, -0.1) is 6.58 Å². The zero-order valence-corrected chi connectivity index (χ0v) is 9.72. The van der Waals surface area contributed by atoms with E-state index >= 15 is 0 Å². The van der Waals surface area contributed by atoms with Gasteiger partial charge in [0.05, 0.1) is 0 Å². The molecule has 13 heavy (non-hydrogen) atoms. The highest BCUT2D eigenvalue weighted by Crippen LogP contribution is 2.23. The molecule has 0 radical (unpaired) electrons. The molecule has 0 aromatic rings. The highest BCUT2D eigenvalue weighted by atomic mass is 15.2. The summed E-state index contributed by atoms with van der Waals surface area (Å²) in [5.41, 5.74) is 1.35. The SMILES string of the molecule is C=CCC(C)C(=C)N(C)C(C)(C)C. The minimum absolute atomic E-state index is 0.159. The molecule has 0 aromatic heterocycles. The number of hydrogen-bond acceptors (Lipinski definition) is 1. The van der Waals surface area contributed by atoms with Crippen molar-refractivity contribution in [2.75, 3.05) is 7.05 Å². The number of rotatable bonds is 4. The van der Waals surface area contributed by atoms with Crippen LogP contribution in [0.5, 0.6) is 0 Å². The first-order valence-electron chi connectivity index (χ1n) is 4.84. The van der Waals surface area contributed by atoms with Crippen molar-refractivity contribution in [2.24, 2.45) is 5.92 Å². The van der Waals surface area contributed by atoms with Crippen molar-refractivity contribution in [2.45, 2.75) is 39.7 Å². The van der Waals surface area contributed by atoms with Gasteiger partial charge in [0, 0.05) is 18.3 Å². The fourth-order valence-corrected chi connectivity index (χ4v) is 1.15. The molecule has 0 N–H and O–H groups in total. The van der Waals surface area contributed by atoms with Crippen LogP contribution in [-0.4, -0.2) is 17.5 Å². The van der Waals surface area contributed by atoms with Crippen molar-refractivity contribution in [3.8, 4) is 0 Å². The second kappa shape index (κ2) is 4.50. The number of nitrogens with zero attached hydrogens (tertiary/aromatic N) is 1. The lowest BCUT2D eigenvalue weighted by atomic mass is 9.99. The van der Waals surface area contributed by atoms with Crippen LogP contribution in [-0.2, 0) is 0 Å². The van der Waals surface area contributed by atoms with Gasteiger partial charge in [0.15, 0.2) is 0 Å². The smallest absolute Gasteiger partial charge is 0.0311 e. The highest BCUT2D eigenvalue weighted by molar-refractivity contribution is 5.03. The fraction of sp³-hybridized carbons (Fsp3) is 0.667. The van der Waals surface area contributed by atoms with E-state index in [1.165, 1.54) is 5.70 Å². The second-order valence-corrected chi connectivity index (χ2v) is 4.65. The third kappa shape index (κ3) is 3.67. The van der Waals surface area contributed by atoms with Crippen LogP contribution in [0.1, 0.15) is 34.1 Å². The standard InChI is InChI=1S/C12H23N/c1-8-9-10(2)11(3)13(7)12(4,5)6/h8,10H,1,3,9H2,2,4-7H3. The Hall–Kier alpha value is -0.720. The Kier molecular flexibility index (Phi) is 4.25. The predicted octanol–water partition coefficient (Wildman–Crippen LogP) is 3.44. The Morgan fingerprint density at radius 1 is 1.46 bits per heavy atom. The topological polar surface area (TPSA) is 3.24 Å². The van der Waals surface area contributed by atoms with Crippen LogP contribution in [0.25, 0.3) is 0 Å². The Bertz CT molecular complexity index is 186. The molecule has 0 aliphatic rings. The summed E-state index contributed by atoms with van der Waals surface area (Å²) in [5.74, 6) is 0.488. The first-order chi connectivity index (χ1) is 5.80. The van der Waals surface area contributed by atoms with Crippen LogP contribution in [0, 0.1) is 5.92 Å². The Morgan fingerprint density at radius 3 is 2.23 bits per heavy atom. The van der Waals surface area contributed by atoms with Crippen molar-refractivity contribution in [1.29, 1.82) is 0 Å². The van der Waals surface area contributed by atoms with Gasteiger partial charge >= 0.3 is 0 Å². The largest absolute Gasteiger partial charge is 0.373 e. The van der Waals surface area contributed by atoms with Gasteiger partial charge in [0.2, 0.25) is 0 Å². The minimum Gasteiger partial charge on any atom is -0.373 e. The molecule has 0 aromatic carbocycles. The first-order valence-corrected chi connectivity index (χ1v) is 4.84. The Morgan fingerprint density at radius 2 is 1.92 bits per heavy atom. The molecule has 0 amide bonds. The van der Waals surface area contributed by atoms with Crippen LogP contribution in [0.15, 0.2) is 24.9 Å². The molecule has 0 fully saturated rings. The summed E-state index contributed by atoms with van der Waals surface area (Å²) in [6.07, 6.45) is 2.95. The van der Waals surface area contributed by atoms with Crippen molar-refractivity contribution in [1.82, 2.24) is 4.90 Å². The molecule has 0 heterocycles. The molecule has 0 aliphatic carbocycles. The summed E-state index contributed by atoms with van der Waals surface area (Å²) in [5, 5.41) is 0. The van der Waals surface area contributed by atoms with Crippen LogP contribution >= 0.6 is 0 Å². The average molecular weight is 181 g/mol. The summed E-state index contributed by atoms with van der Waals surface area (Å²) in [4.78, 5) is 2.24. The molecule has 0 bridgehead atoms. The van der Waals surface area contributed by atoms with Crippen LogP contribution < -0.4 is 0 Å². The maximum absolute atomic E-state index is 4.12. The quantitative estimate of drug-likeness (QED) is 0.600. The van der Waals surface area contributed by atoms with Gasteiger partial charge in [0.25, 0.3) is 0 Å². The molecule has 0 aliphatic heterocycles. The first kappa shape index (κ1) is 12.3. The van der Waals surface area contributed by atoms with E-state index in [4.69, 9.17) is 0 Å². The molecule has 1 heteroatoms. The zero-order valence-electron chi connectivity index (χ0n) is 9.72. The highest BCUT2D eigenvalue weighted by Gasteiger charge is 2.20. The van der Waals surface area contributed by atoms with E-state index in [0.717, 1.165) is 6.42 Å². The molecule has 0 saturated heterocycles. The average Bonchev–Trinajstić information content (AvgIpc) is 2.00. The van der Waals surface area contributed by atoms with Crippen LogP contribution in [0.3, 0.4) is 0 Å². The predicted molar refractivity (Wildman–Crippen MR) is 60.6 cm³/mol. The van der Waals surface area contributed by atoms with Crippen molar-refractivity contribution < 1.29 is 0 Å². The minimum atomic E-state index is 0.159. The summed E-state index contributed by atoms with van der Waals surface area (Å²) in [6.45, 7) is 16.6. The lowest BCUT2D eigenvalue weighted by Crippen LogP contribution is -2.38. The van der Waals surface area contributed by atoms with Crippen molar-refractivity contribution >= 4 is 0 Å². The Labute approximate surface area is 83.1 Å². The molecular formula is C12H23N. The molecule has 76 valence electrons. The molecule has 1 nitrogen and oxygen atoms in total. The third-order valence-corrected chi connectivity index (χ3v) is 2.53. The van der Waals surface area contributed by atoms with Gasteiger partial charge in [-0.2, -0.15) is 0 Å².